The number of carbonyl (C=O) groups is 1. The highest BCUT2D eigenvalue weighted by molar-refractivity contribution is 7.17. The van der Waals surface area contributed by atoms with Gasteiger partial charge in [-0.25, -0.2) is 0 Å². The average Bonchev–Trinajstić information content (AvgIpc) is 3.30. The van der Waals surface area contributed by atoms with Crippen molar-refractivity contribution in [2.75, 3.05) is 38.2 Å². The molecule has 0 bridgehead atoms. The van der Waals surface area contributed by atoms with Crippen LogP contribution in [-0.2, 0) is 14.9 Å². The predicted molar refractivity (Wildman–Crippen MR) is 123 cm³/mol. The molecule has 31 heavy (non-hydrogen) atoms. The first-order valence-corrected chi connectivity index (χ1v) is 11.3. The van der Waals surface area contributed by atoms with Crippen molar-refractivity contribution in [1.29, 1.82) is 5.26 Å². The Labute approximate surface area is 186 Å². The fourth-order valence-corrected chi connectivity index (χ4v) is 5.32. The molecule has 0 unspecified atom stereocenters. The number of carbonyl (C=O) groups excluding carboxylic acids is 1. The van der Waals surface area contributed by atoms with Gasteiger partial charge in [-0.05, 0) is 43.2 Å². The molecule has 2 aromatic heterocycles. The standard InChI is InChI=1S/C24H27N3O3S/c1-16-4-6-18(30-16)7-5-17-12-19-20(14-25)23(31-22(19)24(2,3)13-17)26-21(28)15-27-8-10-29-11-9-27/h4-7,12H,8-11,13,15H2,1-3H3,(H,26,28)/b7-5+. The first-order valence-electron chi connectivity index (χ1n) is 10.5. The van der Waals surface area contributed by atoms with Crippen LogP contribution in [0.5, 0.6) is 0 Å². The molecule has 1 fully saturated rings. The number of rotatable bonds is 5. The van der Waals surface area contributed by atoms with Gasteiger partial charge in [0.15, 0.2) is 0 Å². The van der Waals surface area contributed by atoms with Crippen molar-refractivity contribution >= 4 is 34.4 Å². The van der Waals surface area contributed by atoms with E-state index in [1.54, 1.807) is 0 Å². The lowest BCUT2D eigenvalue weighted by Gasteiger charge is -2.29. The van der Waals surface area contributed by atoms with Crippen LogP contribution in [0.15, 0.2) is 28.2 Å². The van der Waals surface area contributed by atoms with Crippen LogP contribution >= 0.6 is 11.3 Å². The lowest BCUT2D eigenvalue weighted by atomic mass is 9.77. The van der Waals surface area contributed by atoms with Gasteiger partial charge >= 0.3 is 0 Å². The van der Waals surface area contributed by atoms with Crippen LogP contribution in [-0.4, -0.2) is 43.7 Å². The zero-order valence-electron chi connectivity index (χ0n) is 18.2. The number of furan rings is 1. The second kappa shape index (κ2) is 8.83. The van der Waals surface area contributed by atoms with Gasteiger partial charge in [0.1, 0.15) is 22.6 Å². The fraction of sp³-hybridized carbons (Fsp3) is 0.417. The summed E-state index contributed by atoms with van der Waals surface area (Å²) >= 11 is 1.52. The first kappa shape index (κ1) is 21.6. The topological polar surface area (TPSA) is 78.5 Å². The molecule has 0 saturated carbocycles. The Hall–Kier alpha value is -2.66. The Morgan fingerprint density at radius 3 is 2.77 bits per heavy atom. The summed E-state index contributed by atoms with van der Waals surface area (Å²) < 4.78 is 11.0. The molecule has 1 amide bonds. The molecule has 1 aliphatic carbocycles. The minimum absolute atomic E-state index is 0.0907. The number of amides is 1. The van der Waals surface area contributed by atoms with Crippen molar-refractivity contribution < 1.29 is 13.9 Å². The van der Waals surface area contributed by atoms with Crippen LogP contribution in [0.1, 0.15) is 47.8 Å². The van der Waals surface area contributed by atoms with Gasteiger partial charge in [-0.1, -0.05) is 19.9 Å². The smallest absolute Gasteiger partial charge is 0.239 e. The quantitative estimate of drug-likeness (QED) is 0.741. The number of aryl methyl sites for hydroxylation is 1. The molecule has 7 heteroatoms. The Morgan fingerprint density at radius 1 is 1.32 bits per heavy atom. The van der Waals surface area contributed by atoms with E-state index in [2.05, 4.69) is 42.3 Å². The Morgan fingerprint density at radius 2 is 2.10 bits per heavy atom. The van der Waals surface area contributed by atoms with Gasteiger partial charge < -0.3 is 14.5 Å². The monoisotopic (exact) mass is 437 g/mol. The number of hydrogen-bond acceptors (Lipinski definition) is 6. The molecule has 2 aromatic rings. The van der Waals surface area contributed by atoms with Gasteiger partial charge in [0.2, 0.25) is 5.91 Å². The van der Waals surface area contributed by atoms with Crippen molar-refractivity contribution in [3.05, 3.63) is 51.3 Å². The summed E-state index contributed by atoms with van der Waals surface area (Å²) in [5.41, 5.74) is 2.46. The van der Waals surface area contributed by atoms with Crippen molar-refractivity contribution in [2.45, 2.75) is 32.6 Å². The minimum Gasteiger partial charge on any atom is -0.462 e. The van der Waals surface area contributed by atoms with Crippen LogP contribution in [0, 0.1) is 18.3 Å². The van der Waals surface area contributed by atoms with Crippen LogP contribution in [0.2, 0.25) is 0 Å². The zero-order chi connectivity index (χ0) is 22.0. The molecule has 6 nitrogen and oxygen atoms in total. The Kier molecular flexibility index (Phi) is 6.15. The summed E-state index contributed by atoms with van der Waals surface area (Å²) in [7, 11) is 0. The van der Waals surface area contributed by atoms with E-state index in [9.17, 15) is 10.1 Å². The van der Waals surface area contributed by atoms with Crippen LogP contribution in [0.25, 0.3) is 12.2 Å². The van der Waals surface area contributed by atoms with Gasteiger partial charge in [0.25, 0.3) is 0 Å². The molecular formula is C24H27N3O3S. The van der Waals surface area contributed by atoms with Gasteiger partial charge in [0.05, 0.1) is 25.3 Å². The van der Waals surface area contributed by atoms with E-state index < -0.39 is 0 Å². The van der Waals surface area contributed by atoms with Crippen LogP contribution < -0.4 is 5.32 Å². The molecule has 0 spiro atoms. The molecule has 0 atom stereocenters. The maximum atomic E-state index is 12.6. The van der Waals surface area contributed by atoms with E-state index in [0.717, 1.165) is 47.0 Å². The zero-order valence-corrected chi connectivity index (χ0v) is 19.0. The van der Waals surface area contributed by atoms with E-state index >= 15 is 0 Å². The highest BCUT2D eigenvalue weighted by Crippen LogP contribution is 2.47. The summed E-state index contributed by atoms with van der Waals surface area (Å²) in [4.78, 5) is 15.8. The number of nitriles is 1. The number of ether oxygens (including phenoxy) is 1. The third-order valence-corrected chi connectivity index (χ3v) is 7.08. The maximum Gasteiger partial charge on any atom is 0.239 e. The highest BCUT2D eigenvalue weighted by atomic mass is 32.1. The number of nitrogens with zero attached hydrogens (tertiary/aromatic N) is 2. The van der Waals surface area contributed by atoms with Gasteiger partial charge in [-0.3, -0.25) is 9.69 Å². The second-order valence-electron chi connectivity index (χ2n) is 8.66. The van der Waals surface area contributed by atoms with Gasteiger partial charge in [-0.2, -0.15) is 5.26 Å². The minimum atomic E-state index is -0.133. The van der Waals surface area contributed by atoms with Gasteiger partial charge in [0, 0.05) is 28.9 Å². The van der Waals surface area contributed by atoms with E-state index in [0.29, 0.717) is 30.3 Å². The molecular weight excluding hydrogens is 410 g/mol. The maximum absolute atomic E-state index is 12.6. The SMILES string of the molecule is Cc1ccc(/C=C/C2=Cc3c(sc(NC(=O)CN4CCOCC4)c3C#N)C(C)(C)C2)o1. The molecule has 4 rings (SSSR count). The lowest BCUT2D eigenvalue weighted by Crippen LogP contribution is -2.41. The molecule has 162 valence electrons. The number of fused-ring (bicyclic) bond motifs is 1. The van der Waals surface area contributed by atoms with E-state index in [1.165, 1.54) is 11.3 Å². The predicted octanol–water partition coefficient (Wildman–Crippen LogP) is 4.57. The fourth-order valence-electron chi connectivity index (χ4n) is 4.08. The summed E-state index contributed by atoms with van der Waals surface area (Å²) in [6.07, 6.45) is 6.93. The van der Waals surface area contributed by atoms with Crippen LogP contribution in [0.4, 0.5) is 5.00 Å². The number of anilines is 1. The molecule has 0 radical (unpaired) electrons. The third kappa shape index (κ3) is 4.82. The van der Waals surface area contributed by atoms with Crippen molar-refractivity contribution in [3.8, 4) is 6.07 Å². The number of allylic oxidation sites excluding steroid dienone is 2. The lowest BCUT2D eigenvalue weighted by molar-refractivity contribution is -0.118. The van der Waals surface area contributed by atoms with Crippen molar-refractivity contribution in [1.82, 2.24) is 4.90 Å². The number of nitrogens with one attached hydrogen (secondary N) is 1. The Bertz CT molecular complexity index is 1080. The highest BCUT2D eigenvalue weighted by Gasteiger charge is 2.33. The van der Waals surface area contributed by atoms with Crippen LogP contribution in [0.3, 0.4) is 0 Å². The summed E-state index contributed by atoms with van der Waals surface area (Å²) in [6, 6.07) is 6.21. The third-order valence-electron chi connectivity index (χ3n) is 5.59. The molecule has 2 aliphatic rings. The summed E-state index contributed by atoms with van der Waals surface area (Å²) in [6.45, 7) is 9.40. The normalized spacial score (nSPS) is 18.5. The molecule has 1 saturated heterocycles. The molecule has 3 heterocycles. The van der Waals surface area contributed by atoms with Gasteiger partial charge in [-0.15, -0.1) is 11.3 Å². The van der Waals surface area contributed by atoms with Crippen molar-refractivity contribution in [2.24, 2.45) is 0 Å². The first-order chi connectivity index (χ1) is 14.9. The molecule has 1 N–H and O–H groups in total. The number of hydrogen-bond donors (Lipinski definition) is 1. The molecule has 1 aliphatic heterocycles. The largest absolute Gasteiger partial charge is 0.462 e. The number of morpholine rings is 1. The van der Waals surface area contributed by atoms with E-state index in [4.69, 9.17) is 9.15 Å². The number of thiophene rings is 1. The average molecular weight is 438 g/mol. The summed E-state index contributed by atoms with van der Waals surface area (Å²) in [5, 5.41) is 13.5. The van der Waals surface area contributed by atoms with E-state index in [1.807, 2.05) is 25.1 Å². The van der Waals surface area contributed by atoms with Crippen molar-refractivity contribution in [3.63, 3.8) is 0 Å². The van der Waals surface area contributed by atoms with E-state index in [-0.39, 0.29) is 11.3 Å². The molecule has 0 aromatic carbocycles. The second-order valence-corrected chi connectivity index (χ2v) is 9.68. The summed E-state index contributed by atoms with van der Waals surface area (Å²) in [5.74, 6) is 1.60. The Balaban J connectivity index is 1.58.